The van der Waals surface area contributed by atoms with Crippen LogP contribution in [0, 0.1) is 11.8 Å². The minimum absolute atomic E-state index is 0.364. The average molecular weight is 238 g/mol. The van der Waals surface area contributed by atoms with Crippen molar-refractivity contribution in [3.63, 3.8) is 0 Å². The summed E-state index contributed by atoms with van der Waals surface area (Å²) in [6, 6.07) is 0. The number of unbranched alkanes of at least 4 members (excludes halogenated alkanes) is 7. The van der Waals surface area contributed by atoms with Crippen LogP contribution < -0.4 is 0 Å². The Bertz CT molecular complexity index is 235. The van der Waals surface area contributed by atoms with E-state index in [1.54, 1.807) is 0 Å². The smallest absolute Gasteiger partial charge is 0.384 e. The van der Waals surface area contributed by atoms with Crippen molar-refractivity contribution in [1.82, 2.24) is 0 Å². The van der Waals surface area contributed by atoms with Gasteiger partial charge in [-0.05, 0) is 12.8 Å². The lowest BCUT2D eigenvalue weighted by atomic mass is 10.2. The number of esters is 1. The highest BCUT2D eigenvalue weighted by Gasteiger charge is 1.95. The fraction of sp³-hybridized carbons (Fsp3) is 0.800. The highest BCUT2D eigenvalue weighted by molar-refractivity contribution is 5.88. The van der Waals surface area contributed by atoms with Crippen LogP contribution >= 0.6 is 0 Å². The molecular weight excluding hydrogens is 212 g/mol. The zero-order valence-electron chi connectivity index (χ0n) is 11.4. The van der Waals surface area contributed by atoms with Crippen LogP contribution in [-0.4, -0.2) is 12.6 Å². The molecule has 0 fully saturated rings. The third-order valence-electron chi connectivity index (χ3n) is 2.58. The van der Waals surface area contributed by atoms with Gasteiger partial charge in [0.2, 0.25) is 0 Å². The van der Waals surface area contributed by atoms with Crippen molar-refractivity contribution in [2.75, 3.05) is 6.61 Å². The fourth-order valence-electron chi connectivity index (χ4n) is 1.50. The predicted molar refractivity (Wildman–Crippen MR) is 71.6 cm³/mol. The van der Waals surface area contributed by atoms with Crippen molar-refractivity contribution in [1.29, 1.82) is 0 Å². The van der Waals surface area contributed by atoms with E-state index < -0.39 is 0 Å². The molecule has 0 spiro atoms. The van der Waals surface area contributed by atoms with Gasteiger partial charge in [0.1, 0.15) is 0 Å². The molecule has 17 heavy (non-hydrogen) atoms. The molecule has 2 heteroatoms. The zero-order valence-corrected chi connectivity index (χ0v) is 11.4. The molecule has 0 aromatic rings. The van der Waals surface area contributed by atoms with Crippen molar-refractivity contribution in [3.05, 3.63) is 0 Å². The Morgan fingerprint density at radius 2 is 1.59 bits per heavy atom. The Morgan fingerprint density at radius 1 is 0.941 bits per heavy atom. The Hall–Kier alpha value is -0.970. The number of ether oxygens (including phenoxy) is 1. The molecule has 0 amide bonds. The SMILES string of the molecule is CCCCCCC#CC(=O)OCCCCCC. The van der Waals surface area contributed by atoms with E-state index in [0.29, 0.717) is 6.61 Å². The van der Waals surface area contributed by atoms with E-state index in [2.05, 4.69) is 25.7 Å². The van der Waals surface area contributed by atoms with Gasteiger partial charge in [-0.1, -0.05) is 58.3 Å². The molecule has 0 N–H and O–H groups in total. The molecule has 0 saturated heterocycles. The van der Waals surface area contributed by atoms with Gasteiger partial charge in [-0.2, -0.15) is 0 Å². The lowest BCUT2D eigenvalue weighted by Crippen LogP contribution is -2.02. The van der Waals surface area contributed by atoms with Gasteiger partial charge in [0.25, 0.3) is 0 Å². The maximum Gasteiger partial charge on any atom is 0.384 e. The summed E-state index contributed by atoms with van der Waals surface area (Å²) in [7, 11) is 0. The van der Waals surface area contributed by atoms with Crippen LogP contribution in [0.5, 0.6) is 0 Å². The molecule has 0 saturated carbocycles. The summed E-state index contributed by atoms with van der Waals surface area (Å²) in [5, 5.41) is 0. The van der Waals surface area contributed by atoms with Gasteiger partial charge in [-0.15, -0.1) is 0 Å². The summed E-state index contributed by atoms with van der Waals surface area (Å²) in [5.41, 5.74) is 0. The van der Waals surface area contributed by atoms with Gasteiger partial charge in [-0.3, -0.25) is 0 Å². The second-order valence-electron chi connectivity index (χ2n) is 4.31. The molecule has 0 aliphatic carbocycles. The highest BCUT2D eigenvalue weighted by atomic mass is 16.5. The lowest BCUT2D eigenvalue weighted by molar-refractivity contribution is -0.136. The summed E-state index contributed by atoms with van der Waals surface area (Å²) in [6.07, 6.45) is 10.1. The van der Waals surface area contributed by atoms with Gasteiger partial charge >= 0.3 is 5.97 Å². The fourth-order valence-corrected chi connectivity index (χ4v) is 1.50. The van der Waals surface area contributed by atoms with Crippen LogP contribution in [0.3, 0.4) is 0 Å². The van der Waals surface area contributed by atoms with Gasteiger partial charge in [0, 0.05) is 12.3 Å². The first-order valence-corrected chi connectivity index (χ1v) is 6.96. The molecule has 0 aliphatic heterocycles. The molecular formula is C15H26O2. The van der Waals surface area contributed by atoms with E-state index in [4.69, 9.17) is 4.74 Å². The third kappa shape index (κ3) is 13.0. The van der Waals surface area contributed by atoms with Crippen LogP contribution in [0.25, 0.3) is 0 Å². The minimum atomic E-state index is -0.364. The predicted octanol–water partition coefficient (Wildman–Crippen LogP) is 4.08. The lowest BCUT2D eigenvalue weighted by Gasteiger charge is -1.99. The van der Waals surface area contributed by atoms with Crippen LogP contribution in [0.4, 0.5) is 0 Å². The van der Waals surface area contributed by atoms with E-state index >= 15 is 0 Å². The van der Waals surface area contributed by atoms with Crippen molar-refractivity contribution >= 4 is 5.97 Å². The standard InChI is InChI=1S/C15H26O2/c1-3-5-7-9-10-11-13-15(16)17-14-12-8-6-4-2/h3-10,12,14H2,1-2H3. The average Bonchev–Trinajstić information content (AvgIpc) is 2.33. The van der Waals surface area contributed by atoms with E-state index in [-0.39, 0.29) is 5.97 Å². The van der Waals surface area contributed by atoms with Crippen LogP contribution in [0.1, 0.15) is 71.6 Å². The van der Waals surface area contributed by atoms with E-state index in [1.165, 1.54) is 32.1 Å². The maximum atomic E-state index is 11.2. The minimum Gasteiger partial charge on any atom is -0.456 e. The number of hydrogen-bond acceptors (Lipinski definition) is 2. The normalized spacial score (nSPS) is 9.53. The molecule has 0 heterocycles. The van der Waals surface area contributed by atoms with E-state index in [9.17, 15) is 4.79 Å². The zero-order chi connectivity index (χ0) is 12.8. The first-order chi connectivity index (χ1) is 8.31. The molecule has 98 valence electrons. The van der Waals surface area contributed by atoms with Crippen molar-refractivity contribution in [2.24, 2.45) is 0 Å². The third-order valence-corrected chi connectivity index (χ3v) is 2.58. The summed E-state index contributed by atoms with van der Waals surface area (Å²) in [4.78, 5) is 11.2. The summed E-state index contributed by atoms with van der Waals surface area (Å²) >= 11 is 0. The summed E-state index contributed by atoms with van der Waals surface area (Å²) in [5.74, 6) is 5.05. The summed E-state index contributed by atoms with van der Waals surface area (Å²) in [6.45, 7) is 4.86. The van der Waals surface area contributed by atoms with E-state index in [1.807, 2.05) is 0 Å². The topological polar surface area (TPSA) is 26.3 Å². The number of carbonyl (C=O) groups excluding carboxylic acids is 1. The second-order valence-corrected chi connectivity index (χ2v) is 4.31. The molecule has 0 aromatic carbocycles. The van der Waals surface area contributed by atoms with Crippen molar-refractivity contribution in [2.45, 2.75) is 71.6 Å². The first kappa shape index (κ1) is 16.0. The number of carbonyl (C=O) groups is 1. The quantitative estimate of drug-likeness (QED) is 0.262. The number of rotatable bonds is 9. The van der Waals surface area contributed by atoms with Gasteiger partial charge in [-0.25, -0.2) is 4.79 Å². The maximum absolute atomic E-state index is 11.2. The van der Waals surface area contributed by atoms with Gasteiger partial charge < -0.3 is 4.74 Å². The number of hydrogen-bond donors (Lipinski definition) is 0. The van der Waals surface area contributed by atoms with Crippen molar-refractivity contribution < 1.29 is 9.53 Å². The Labute approximate surface area is 106 Å². The monoisotopic (exact) mass is 238 g/mol. The van der Waals surface area contributed by atoms with Gasteiger partial charge in [0.05, 0.1) is 6.61 Å². The molecule has 0 rings (SSSR count). The van der Waals surface area contributed by atoms with Gasteiger partial charge in [0.15, 0.2) is 0 Å². The molecule has 0 bridgehead atoms. The molecule has 0 aliphatic rings. The Balaban J connectivity index is 3.35. The molecule has 2 nitrogen and oxygen atoms in total. The Kier molecular flexibility index (Phi) is 12.3. The largest absolute Gasteiger partial charge is 0.456 e. The first-order valence-electron chi connectivity index (χ1n) is 6.96. The van der Waals surface area contributed by atoms with Crippen molar-refractivity contribution in [3.8, 4) is 11.8 Å². The van der Waals surface area contributed by atoms with Crippen LogP contribution in [0.15, 0.2) is 0 Å². The molecule has 0 aromatic heterocycles. The molecule has 0 radical (unpaired) electrons. The second kappa shape index (κ2) is 13.1. The molecule has 0 atom stereocenters. The summed E-state index contributed by atoms with van der Waals surface area (Å²) < 4.78 is 5.00. The van der Waals surface area contributed by atoms with Crippen LogP contribution in [-0.2, 0) is 9.53 Å². The highest BCUT2D eigenvalue weighted by Crippen LogP contribution is 2.01. The van der Waals surface area contributed by atoms with E-state index in [0.717, 1.165) is 25.7 Å². The van der Waals surface area contributed by atoms with Crippen LogP contribution in [0.2, 0.25) is 0 Å². The molecule has 0 unspecified atom stereocenters. The Morgan fingerprint density at radius 3 is 2.24 bits per heavy atom.